The zero-order valence-corrected chi connectivity index (χ0v) is 17.7. The van der Waals surface area contributed by atoms with E-state index in [1.54, 1.807) is 18.2 Å². The van der Waals surface area contributed by atoms with Gasteiger partial charge in [-0.05, 0) is 43.2 Å². The van der Waals surface area contributed by atoms with E-state index >= 15 is 0 Å². The first-order chi connectivity index (χ1) is 13.3. The molecule has 3 rings (SSSR count). The minimum Gasteiger partial charge on any atom is -0.267 e. The summed E-state index contributed by atoms with van der Waals surface area (Å²) in [6.07, 6.45) is 3.63. The maximum absolute atomic E-state index is 12.7. The first-order valence-corrected chi connectivity index (χ1v) is 11.1. The van der Waals surface area contributed by atoms with Crippen LogP contribution in [0, 0.1) is 6.92 Å². The van der Waals surface area contributed by atoms with Crippen molar-refractivity contribution in [1.82, 2.24) is 9.84 Å². The van der Waals surface area contributed by atoms with Gasteiger partial charge in [-0.25, -0.2) is 13.4 Å². The van der Waals surface area contributed by atoms with Crippen molar-refractivity contribution in [3.63, 3.8) is 0 Å². The van der Waals surface area contributed by atoms with Crippen LogP contribution in [-0.4, -0.2) is 23.7 Å². The number of amides is 1. The smallest absolute Gasteiger partial charge is 0.267 e. The van der Waals surface area contributed by atoms with Gasteiger partial charge in [0.2, 0.25) is 0 Å². The second kappa shape index (κ2) is 8.40. The van der Waals surface area contributed by atoms with Gasteiger partial charge in [-0.2, -0.15) is 0 Å². The Morgan fingerprint density at radius 1 is 1.11 bits per heavy atom. The molecule has 1 aliphatic rings. The molecule has 0 bridgehead atoms. The SMILES string of the molecule is CC(=Cc1ccccc1)C=C1SC(=S)N(NS(=O)(=O)c2ccc(C)cc2)C1=O. The van der Waals surface area contributed by atoms with Crippen molar-refractivity contribution in [2.45, 2.75) is 18.7 Å². The lowest BCUT2D eigenvalue weighted by molar-refractivity contribution is -0.123. The van der Waals surface area contributed by atoms with Crippen molar-refractivity contribution in [2.24, 2.45) is 0 Å². The number of nitrogens with one attached hydrogen (secondary N) is 1. The number of carbonyl (C=O) groups is 1. The van der Waals surface area contributed by atoms with Crippen molar-refractivity contribution in [2.75, 3.05) is 0 Å². The summed E-state index contributed by atoms with van der Waals surface area (Å²) in [5.74, 6) is -0.494. The topological polar surface area (TPSA) is 66.5 Å². The van der Waals surface area contributed by atoms with Crippen LogP contribution in [0.25, 0.3) is 6.08 Å². The Balaban J connectivity index is 1.80. The Labute approximate surface area is 174 Å². The lowest BCUT2D eigenvalue weighted by Crippen LogP contribution is -2.44. The van der Waals surface area contributed by atoms with Gasteiger partial charge in [0.05, 0.1) is 9.80 Å². The summed E-state index contributed by atoms with van der Waals surface area (Å²) in [7, 11) is -3.91. The Morgan fingerprint density at radius 2 is 1.75 bits per heavy atom. The highest BCUT2D eigenvalue weighted by molar-refractivity contribution is 8.26. The van der Waals surface area contributed by atoms with Gasteiger partial charge >= 0.3 is 0 Å². The molecule has 28 heavy (non-hydrogen) atoms. The Kier molecular flexibility index (Phi) is 6.14. The number of rotatable bonds is 5. The average molecular weight is 431 g/mol. The number of thioether (sulfide) groups is 1. The number of allylic oxidation sites excluding steroid dienone is 2. The highest BCUT2D eigenvalue weighted by Crippen LogP contribution is 2.31. The third kappa shape index (κ3) is 4.77. The third-order valence-electron chi connectivity index (χ3n) is 3.89. The van der Waals surface area contributed by atoms with Crippen LogP contribution in [0.2, 0.25) is 0 Å². The number of hydrazine groups is 1. The molecule has 0 unspecified atom stereocenters. The molecular formula is C20H18N2O3S3. The number of sulfonamides is 1. The molecule has 1 fully saturated rings. The van der Waals surface area contributed by atoms with E-state index < -0.39 is 15.9 Å². The molecule has 144 valence electrons. The monoisotopic (exact) mass is 430 g/mol. The predicted molar refractivity (Wildman–Crippen MR) is 117 cm³/mol. The first kappa shape index (κ1) is 20.5. The van der Waals surface area contributed by atoms with Crippen molar-refractivity contribution in [1.29, 1.82) is 0 Å². The fourth-order valence-electron chi connectivity index (χ4n) is 2.50. The van der Waals surface area contributed by atoms with E-state index in [0.717, 1.165) is 33.5 Å². The fourth-order valence-corrected chi connectivity index (χ4v) is 4.86. The predicted octanol–water partition coefficient (Wildman–Crippen LogP) is 4.04. The molecule has 0 aromatic heterocycles. The molecule has 8 heteroatoms. The lowest BCUT2D eigenvalue weighted by atomic mass is 10.1. The molecule has 2 aromatic rings. The molecule has 0 saturated carbocycles. The number of hydrogen-bond donors (Lipinski definition) is 1. The lowest BCUT2D eigenvalue weighted by Gasteiger charge is -2.16. The number of hydrogen-bond acceptors (Lipinski definition) is 5. The van der Waals surface area contributed by atoms with Gasteiger partial charge in [-0.15, -0.1) is 4.83 Å². The molecule has 0 radical (unpaired) electrons. The zero-order chi connectivity index (χ0) is 20.3. The normalized spacial score (nSPS) is 16.9. The Hall–Kier alpha value is -2.26. The van der Waals surface area contributed by atoms with Crippen LogP contribution in [0.1, 0.15) is 18.1 Å². The van der Waals surface area contributed by atoms with Gasteiger partial charge < -0.3 is 0 Å². The van der Waals surface area contributed by atoms with E-state index in [4.69, 9.17) is 12.2 Å². The van der Waals surface area contributed by atoms with Gasteiger partial charge in [0.1, 0.15) is 0 Å². The highest BCUT2D eigenvalue weighted by atomic mass is 32.2. The molecule has 0 atom stereocenters. The molecule has 1 saturated heterocycles. The minimum atomic E-state index is -3.91. The largest absolute Gasteiger partial charge is 0.281 e. The molecule has 1 N–H and O–H groups in total. The second-order valence-electron chi connectivity index (χ2n) is 6.22. The van der Waals surface area contributed by atoms with Crippen LogP contribution in [0.15, 0.2) is 76.0 Å². The molecule has 1 amide bonds. The number of nitrogens with zero attached hydrogens (tertiary/aromatic N) is 1. The maximum atomic E-state index is 12.7. The molecule has 2 aromatic carbocycles. The fraction of sp³-hybridized carbons (Fsp3) is 0.100. The van der Waals surface area contributed by atoms with E-state index in [1.807, 2.05) is 50.3 Å². The summed E-state index contributed by atoms with van der Waals surface area (Å²) in [6.45, 7) is 3.73. The minimum absolute atomic E-state index is 0.0660. The van der Waals surface area contributed by atoms with Gasteiger partial charge in [-0.3, -0.25) is 4.79 Å². The summed E-state index contributed by atoms with van der Waals surface area (Å²) >= 11 is 6.26. The summed E-state index contributed by atoms with van der Waals surface area (Å²) in [4.78, 5) is 15.4. The molecule has 1 aliphatic heterocycles. The number of carbonyl (C=O) groups excluding carboxylic acids is 1. The average Bonchev–Trinajstić information content (AvgIpc) is 2.90. The zero-order valence-electron chi connectivity index (χ0n) is 15.2. The van der Waals surface area contributed by atoms with Crippen LogP contribution in [0.5, 0.6) is 0 Å². The number of thiocarbonyl (C=S) groups is 1. The summed E-state index contributed by atoms with van der Waals surface area (Å²) in [5, 5.41) is 0.900. The van der Waals surface area contributed by atoms with E-state index in [1.165, 1.54) is 12.1 Å². The Morgan fingerprint density at radius 3 is 2.39 bits per heavy atom. The standard InChI is InChI=1S/C20H18N2O3S3/c1-14-8-10-17(11-9-14)28(24,25)21-22-19(23)18(27-20(22)26)13-15(2)12-16-6-4-3-5-7-16/h3-13,21H,1-2H3. The maximum Gasteiger partial charge on any atom is 0.281 e. The molecular weight excluding hydrogens is 412 g/mol. The van der Waals surface area contributed by atoms with E-state index in [2.05, 4.69) is 4.83 Å². The number of aryl methyl sites for hydroxylation is 1. The van der Waals surface area contributed by atoms with Gasteiger partial charge in [0.15, 0.2) is 4.32 Å². The van der Waals surface area contributed by atoms with E-state index in [9.17, 15) is 13.2 Å². The summed E-state index contributed by atoms with van der Waals surface area (Å²) in [5.41, 5.74) is 2.80. The van der Waals surface area contributed by atoms with Gasteiger partial charge in [0, 0.05) is 0 Å². The van der Waals surface area contributed by atoms with Crippen molar-refractivity contribution >= 4 is 50.3 Å². The molecule has 1 heterocycles. The van der Waals surface area contributed by atoms with Gasteiger partial charge in [0.25, 0.3) is 15.9 Å². The van der Waals surface area contributed by atoms with Crippen molar-refractivity contribution in [3.8, 4) is 0 Å². The van der Waals surface area contributed by atoms with Crippen LogP contribution in [0.4, 0.5) is 0 Å². The van der Waals surface area contributed by atoms with Crippen LogP contribution in [0.3, 0.4) is 0 Å². The van der Waals surface area contributed by atoms with Crippen LogP contribution >= 0.6 is 24.0 Å². The quantitative estimate of drug-likeness (QED) is 0.573. The third-order valence-corrected chi connectivity index (χ3v) is 6.51. The van der Waals surface area contributed by atoms with E-state index in [-0.39, 0.29) is 9.22 Å². The van der Waals surface area contributed by atoms with Crippen LogP contribution in [-0.2, 0) is 14.8 Å². The summed E-state index contributed by atoms with van der Waals surface area (Å²) in [6, 6.07) is 16.0. The summed E-state index contributed by atoms with van der Waals surface area (Å²) < 4.78 is 25.3. The highest BCUT2D eigenvalue weighted by Gasteiger charge is 2.35. The van der Waals surface area contributed by atoms with Gasteiger partial charge in [-0.1, -0.05) is 78.1 Å². The van der Waals surface area contributed by atoms with Crippen molar-refractivity contribution < 1.29 is 13.2 Å². The first-order valence-electron chi connectivity index (χ1n) is 8.37. The number of benzene rings is 2. The molecule has 0 aliphatic carbocycles. The molecule has 5 nitrogen and oxygen atoms in total. The Bertz CT molecular complexity index is 1070. The van der Waals surface area contributed by atoms with E-state index in [0.29, 0.717) is 4.91 Å². The second-order valence-corrected chi connectivity index (χ2v) is 9.56. The van der Waals surface area contributed by atoms with Crippen molar-refractivity contribution in [3.05, 3.63) is 82.3 Å². The molecule has 0 spiro atoms. The van der Waals surface area contributed by atoms with Crippen LogP contribution < -0.4 is 4.83 Å².